The maximum Gasteiger partial charge on any atom is 0.295 e. The average molecular weight is 397 g/mol. The van der Waals surface area contributed by atoms with E-state index in [1.807, 2.05) is 13.8 Å². The van der Waals surface area contributed by atoms with Crippen molar-refractivity contribution in [1.29, 1.82) is 0 Å². The molecule has 0 spiro atoms. The molecule has 4 aromatic rings. The molecule has 0 saturated heterocycles. The molecule has 0 unspecified atom stereocenters. The fourth-order valence-electron chi connectivity index (χ4n) is 2.71. The number of anilines is 1. The number of fused-ring (bicyclic) bond motifs is 1. The van der Waals surface area contributed by atoms with Crippen molar-refractivity contribution in [1.82, 2.24) is 20.1 Å². The lowest BCUT2D eigenvalue weighted by molar-refractivity contribution is -0.118. The van der Waals surface area contributed by atoms with Crippen LogP contribution in [-0.2, 0) is 4.79 Å². The molecule has 0 aliphatic carbocycles. The van der Waals surface area contributed by atoms with Gasteiger partial charge in [-0.25, -0.2) is 13.8 Å². The molecule has 148 valence electrons. The average Bonchev–Trinajstić information content (AvgIpc) is 3.35. The molecule has 0 fully saturated rings. The van der Waals surface area contributed by atoms with Crippen LogP contribution in [0, 0.1) is 5.92 Å². The first-order valence-corrected chi connectivity index (χ1v) is 8.94. The van der Waals surface area contributed by atoms with Gasteiger partial charge in [-0.15, -0.1) is 0 Å². The van der Waals surface area contributed by atoms with E-state index in [9.17, 15) is 13.6 Å². The van der Waals surface area contributed by atoms with Gasteiger partial charge in [-0.3, -0.25) is 4.79 Å². The quantitative estimate of drug-likeness (QED) is 0.504. The third-order valence-corrected chi connectivity index (χ3v) is 4.31. The summed E-state index contributed by atoms with van der Waals surface area (Å²) in [5, 5.41) is 6.79. The SMILES string of the molecule is CC(C)C(=O)Nc1ccc(-c2noc(-c3ccc4nc(C(F)F)[nH]c4c3)n2)cc1. The number of benzene rings is 2. The molecule has 29 heavy (non-hydrogen) atoms. The molecule has 7 nitrogen and oxygen atoms in total. The van der Waals surface area contributed by atoms with Crippen molar-refractivity contribution in [2.75, 3.05) is 5.32 Å². The summed E-state index contributed by atoms with van der Waals surface area (Å²) in [6.45, 7) is 3.64. The Labute approximate surface area is 164 Å². The number of hydrogen-bond donors (Lipinski definition) is 2. The Balaban J connectivity index is 1.56. The number of nitrogens with one attached hydrogen (secondary N) is 2. The number of carbonyl (C=O) groups is 1. The highest BCUT2D eigenvalue weighted by atomic mass is 19.3. The van der Waals surface area contributed by atoms with Crippen LogP contribution < -0.4 is 5.32 Å². The number of imidazole rings is 1. The van der Waals surface area contributed by atoms with Crippen LogP contribution in [0.1, 0.15) is 26.1 Å². The second-order valence-electron chi connectivity index (χ2n) is 6.80. The van der Waals surface area contributed by atoms with Crippen LogP contribution in [0.4, 0.5) is 14.5 Å². The lowest BCUT2D eigenvalue weighted by Gasteiger charge is -2.07. The molecule has 0 aliphatic heterocycles. The van der Waals surface area contributed by atoms with E-state index >= 15 is 0 Å². The van der Waals surface area contributed by atoms with Gasteiger partial charge in [-0.05, 0) is 42.5 Å². The standard InChI is InChI=1S/C20H17F2N5O2/c1-10(2)19(28)23-13-6-3-11(4-7-13)17-26-20(29-27-17)12-5-8-14-15(9-12)25-18(24-14)16(21)22/h3-10,16H,1-2H3,(H,23,28)(H,24,25). The van der Waals surface area contributed by atoms with Crippen LogP contribution >= 0.6 is 0 Å². The van der Waals surface area contributed by atoms with E-state index in [-0.39, 0.29) is 23.5 Å². The molecule has 0 atom stereocenters. The summed E-state index contributed by atoms with van der Waals surface area (Å²) in [7, 11) is 0. The summed E-state index contributed by atoms with van der Waals surface area (Å²) in [6, 6.07) is 12.0. The van der Waals surface area contributed by atoms with E-state index in [1.54, 1.807) is 42.5 Å². The number of amides is 1. The molecule has 2 N–H and O–H groups in total. The van der Waals surface area contributed by atoms with Crippen LogP contribution in [-0.4, -0.2) is 26.0 Å². The van der Waals surface area contributed by atoms with Crippen molar-refractivity contribution in [3.63, 3.8) is 0 Å². The molecule has 0 aliphatic rings. The van der Waals surface area contributed by atoms with Crippen molar-refractivity contribution in [2.45, 2.75) is 20.3 Å². The summed E-state index contributed by atoms with van der Waals surface area (Å²) in [6.07, 6.45) is -2.67. The molecule has 2 heterocycles. The normalized spacial score (nSPS) is 11.5. The van der Waals surface area contributed by atoms with E-state index in [4.69, 9.17) is 4.52 Å². The number of aromatic amines is 1. The Morgan fingerprint density at radius 1 is 1.07 bits per heavy atom. The first kappa shape index (κ1) is 18.7. The zero-order valence-corrected chi connectivity index (χ0v) is 15.6. The predicted octanol–water partition coefficient (Wildman–Crippen LogP) is 4.81. The van der Waals surface area contributed by atoms with Gasteiger partial charge in [0.1, 0.15) is 0 Å². The molecule has 0 saturated carbocycles. The summed E-state index contributed by atoms with van der Waals surface area (Å²) in [4.78, 5) is 22.6. The highest BCUT2D eigenvalue weighted by Crippen LogP contribution is 2.27. The second kappa shape index (κ2) is 7.42. The van der Waals surface area contributed by atoms with Crippen LogP contribution in [0.3, 0.4) is 0 Å². The van der Waals surface area contributed by atoms with E-state index in [1.165, 1.54) is 0 Å². The van der Waals surface area contributed by atoms with Gasteiger partial charge < -0.3 is 14.8 Å². The smallest absolute Gasteiger partial charge is 0.295 e. The van der Waals surface area contributed by atoms with E-state index < -0.39 is 6.43 Å². The Morgan fingerprint density at radius 3 is 2.48 bits per heavy atom. The lowest BCUT2D eigenvalue weighted by Crippen LogP contribution is -2.17. The highest BCUT2D eigenvalue weighted by molar-refractivity contribution is 5.92. The van der Waals surface area contributed by atoms with Gasteiger partial charge in [0.2, 0.25) is 11.7 Å². The molecule has 2 aromatic heterocycles. The Kier molecular flexibility index (Phi) is 4.79. The van der Waals surface area contributed by atoms with Gasteiger partial charge in [0.05, 0.1) is 11.0 Å². The van der Waals surface area contributed by atoms with Crippen LogP contribution in [0.25, 0.3) is 33.9 Å². The predicted molar refractivity (Wildman–Crippen MR) is 103 cm³/mol. The summed E-state index contributed by atoms with van der Waals surface area (Å²) in [5.74, 6) is 0.0715. The first-order valence-electron chi connectivity index (χ1n) is 8.94. The number of halogens is 2. The van der Waals surface area contributed by atoms with Crippen molar-refractivity contribution < 1.29 is 18.1 Å². The van der Waals surface area contributed by atoms with Crippen molar-refractivity contribution in [2.24, 2.45) is 5.92 Å². The molecule has 0 radical (unpaired) electrons. The van der Waals surface area contributed by atoms with Crippen molar-refractivity contribution in [3.05, 3.63) is 48.3 Å². The molecule has 2 aromatic carbocycles. The first-order chi connectivity index (χ1) is 13.9. The molecule has 1 amide bonds. The van der Waals surface area contributed by atoms with Crippen LogP contribution in [0.2, 0.25) is 0 Å². The fourth-order valence-corrected chi connectivity index (χ4v) is 2.71. The van der Waals surface area contributed by atoms with Gasteiger partial charge in [0, 0.05) is 22.7 Å². The number of aromatic nitrogens is 4. The lowest BCUT2D eigenvalue weighted by atomic mass is 10.1. The number of rotatable bonds is 5. The van der Waals surface area contributed by atoms with Crippen LogP contribution in [0.15, 0.2) is 47.0 Å². The summed E-state index contributed by atoms with van der Waals surface area (Å²) in [5.41, 5.74) is 2.87. The van der Waals surface area contributed by atoms with Crippen molar-refractivity contribution >= 4 is 22.6 Å². The Morgan fingerprint density at radius 2 is 1.79 bits per heavy atom. The maximum absolute atomic E-state index is 12.8. The zero-order valence-electron chi connectivity index (χ0n) is 15.6. The highest BCUT2D eigenvalue weighted by Gasteiger charge is 2.15. The summed E-state index contributed by atoms with van der Waals surface area (Å²) >= 11 is 0. The largest absolute Gasteiger partial charge is 0.337 e. The number of H-pyrrole nitrogens is 1. The Bertz CT molecular complexity index is 1170. The van der Waals surface area contributed by atoms with E-state index in [2.05, 4.69) is 25.4 Å². The Hall–Kier alpha value is -3.62. The topological polar surface area (TPSA) is 96.7 Å². The fraction of sp³-hybridized carbons (Fsp3) is 0.200. The number of nitrogens with zero attached hydrogens (tertiary/aromatic N) is 3. The minimum absolute atomic E-state index is 0.0659. The van der Waals surface area contributed by atoms with E-state index in [0.717, 1.165) is 0 Å². The number of hydrogen-bond acceptors (Lipinski definition) is 5. The summed E-state index contributed by atoms with van der Waals surface area (Å²) < 4.78 is 30.9. The minimum Gasteiger partial charge on any atom is -0.337 e. The van der Waals surface area contributed by atoms with Crippen LogP contribution in [0.5, 0.6) is 0 Å². The molecule has 4 rings (SSSR count). The minimum atomic E-state index is -2.67. The third-order valence-electron chi connectivity index (χ3n) is 4.31. The molecule has 9 heteroatoms. The molecular formula is C20H17F2N5O2. The zero-order chi connectivity index (χ0) is 20.5. The van der Waals surface area contributed by atoms with Gasteiger partial charge in [0.15, 0.2) is 5.82 Å². The molecule has 0 bridgehead atoms. The van der Waals surface area contributed by atoms with Gasteiger partial charge >= 0.3 is 0 Å². The van der Waals surface area contributed by atoms with E-state index in [0.29, 0.717) is 33.7 Å². The van der Waals surface area contributed by atoms with Gasteiger partial charge in [-0.2, -0.15) is 4.98 Å². The van der Waals surface area contributed by atoms with Gasteiger partial charge in [-0.1, -0.05) is 19.0 Å². The number of alkyl halides is 2. The van der Waals surface area contributed by atoms with Crippen molar-refractivity contribution in [3.8, 4) is 22.8 Å². The maximum atomic E-state index is 12.8. The third kappa shape index (κ3) is 3.84. The monoisotopic (exact) mass is 397 g/mol. The second-order valence-corrected chi connectivity index (χ2v) is 6.80. The number of carbonyl (C=O) groups excluding carboxylic acids is 1. The molecular weight excluding hydrogens is 380 g/mol. The van der Waals surface area contributed by atoms with Gasteiger partial charge in [0.25, 0.3) is 12.3 Å².